The van der Waals surface area contributed by atoms with E-state index < -0.39 is 0 Å². The van der Waals surface area contributed by atoms with Crippen molar-refractivity contribution in [1.29, 1.82) is 0 Å². The number of guanidine groups is 1. The van der Waals surface area contributed by atoms with Crippen LogP contribution in [0.15, 0.2) is 29.3 Å². The largest absolute Gasteiger partial charge is 0.497 e. The zero-order chi connectivity index (χ0) is 17.4. The first kappa shape index (κ1) is 18.6. The fourth-order valence-corrected chi connectivity index (χ4v) is 3.15. The molecule has 1 aromatic rings. The molecule has 0 aliphatic heterocycles. The van der Waals surface area contributed by atoms with Crippen LogP contribution in [-0.4, -0.2) is 51.2 Å². The van der Waals surface area contributed by atoms with Crippen LogP contribution in [0.25, 0.3) is 0 Å². The highest BCUT2D eigenvalue weighted by molar-refractivity contribution is 5.80. The lowest BCUT2D eigenvalue weighted by Gasteiger charge is -2.24. The highest BCUT2D eigenvalue weighted by Crippen LogP contribution is 2.22. The Morgan fingerprint density at radius 1 is 1.25 bits per heavy atom. The van der Waals surface area contributed by atoms with E-state index in [1.807, 2.05) is 12.1 Å². The Morgan fingerprint density at radius 2 is 1.92 bits per heavy atom. The number of ether oxygens (including phenoxy) is 1. The first-order chi connectivity index (χ1) is 11.6. The second kappa shape index (κ2) is 9.52. The zero-order valence-corrected chi connectivity index (χ0v) is 15.5. The van der Waals surface area contributed by atoms with E-state index in [0.29, 0.717) is 6.04 Å². The Morgan fingerprint density at radius 3 is 2.46 bits per heavy atom. The summed E-state index contributed by atoms with van der Waals surface area (Å²) in [4.78, 5) is 7.05. The molecule has 5 heteroatoms. The van der Waals surface area contributed by atoms with Crippen LogP contribution < -0.4 is 15.4 Å². The van der Waals surface area contributed by atoms with E-state index in [1.54, 1.807) is 7.11 Å². The zero-order valence-electron chi connectivity index (χ0n) is 15.5. The Kier molecular flexibility index (Phi) is 7.37. The van der Waals surface area contributed by atoms with Gasteiger partial charge in [-0.2, -0.15) is 0 Å². The second-order valence-electron chi connectivity index (χ2n) is 6.60. The van der Waals surface area contributed by atoms with Gasteiger partial charge in [0.2, 0.25) is 0 Å². The van der Waals surface area contributed by atoms with E-state index in [4.69, 9.17) is 9.73 Å². The Balaban J connectivity index is 2.05. The van der Waals surface area contributed by atoms with E-state index in [0.717, 1.165) is 24.8 Å². The minimum absolute atomic E-state index is 0.245. The molecule has 5 nitrogen and oxygen atoms in total. The highest BCUT2D eigenvalue weighted by Gasteiger charge is 2.17. The van der Waals surface area contributed by atoms with Crippen molar-refractivity contribution in [3.63, 3.8) is 0 Å². The maximum absolute atomic E-state index is 5.25. The first-order valence-corrected chi connectivity index (χ1v) is 8.99. The average Bonchev–Trinajstić information content (AvgIpc) is 3.08. The van der Waals surface area contributed by atoms with Gasteiger partial charge in [0.25, 0.3) is 0 Å². The van der Waals surface area contributed by atoms with Crippen molar-refractivity contribution < 1.29 is 4.74 Å². The topological polar surface area (TPSA) is 48.9 Å². The summed E-state index contributed by atoms with van der Waals surface area (Å²) in [5.74, 6) is 1.82. The van der Waals surface area contributed by atoms with Crippen LogP contribution in [0.3, 0.4) is 0 Å². The van der Waals surface area contributed by atoms with Gasteiger partial charge in [-0.15, -0.1) is 0 Å². The van der Waals surface area contributed by atoms with E-state index in [-0.39, 0.29) is 6.04 Å². The summed E-state index contributed by atoms with van der Waals surface area (Å²) in [7, 11) is 5.89. The van der Waals surface area contributed by atoms with E-state index in [9.17, 15) is 0 Å². The third-order valence-corrected chi connectivity index (χ3v) is 4.59. The van der Waals surface area contributed by atoms with Crippen molar-refractivity contribution in [2.45, 2.75) is 44.7 Å². The molecule has 1 saturated carbocycles. The molecule has 1 aromatic carbocycles. The lowest BCUT2D eigenvalue weighted by atomic mass is 10.1. The number of nitrogens with one attached hydrogen (secondary N) is 2. The summed E-state index contributed by atoms with van der Waals surface area (Å²) in [5, 5.41) is 6.96. The molecule has 0 amide bonds. The van der Waals surface area contributed by atoms with Crippen LogP contribution in [0.1, 0.15) is 44.2 Å². The first-order valence-electron chi connectivity index (χ1n) is 8.99. The summed E-state index contributed by atoms with van der Waals surface area (Å²) in [6.45, 7) is 3.72. The number of nitrogens with zero attached hydrogens (tertiary/aromatic N) is 2. The molecule has 1 unspecified atom stereocenters. The van der Waals surface area contributed by atoms with Crippen molar-refractivity contribution in [3.05, 3.63) is 29.8 Å². The number of hydrogen-bond acceptors (Lipinski definition) is 3. The van der Waals surface area contributed by atoms with E-state index in [2.05, 4.69) is 48.7 Å². The van der Waals surface area contributed by atoms with Crippen LogP contribution >= 0.6 is 0 Å². The normalized spacial score (nSPS) is 17.1. The van der Waals surface area contributed by atoms with Crippen molar-refractivity contribution in [1.82, 2.24) is 15.5 Å². The molecule has 1 aliphatic rings. The van der Waals surface area contributed by atoms with E-state index in [1.165, 1.54) is 31.2 Å². The number of hydrogen-bond donors (Lipinski definition) is 2. The Bertz CT molecular complexity index is 507. The summed E-state index contributed by atoms with van der Waals surface area (Å²) in [5.41, 5.74) is 1.25. The quantitative estimate of drug-likeness (QED) is 0.595. The molecule has 134 valence electrons. The molecule has 0 radical (unpaired) electrons. The van der Waals surface area contributed by atoms with Gasteiger partial charge in [0.05, 0.1) is 19.7 Å². The van der Waals surface area contributed by atoms with Gasteiger partial charge in [-0.1, -0.05) is 25.0 Å². The molecule has 0 spiro atoms. The van der Waals surface area contributed by atoms with Gasteiger partial charge in [0, 0.05) is 12.6 Å². The summed E-state index contributed by atoms with van der Waals surface area (Å²) in [6.07, 6.45) is 5.15. The molecule has 2 N–H and O–H groups in total. The third kappa shape index (κ3) is 5.41. The molecule has 24 heavy (non-hydrogen) atoms. The predicted molar refractivity (Wildman–Crippen MR) is 101 cm³/mol. The lowest BCUT2D eigenvalue weighted by molar-refractivity contribution is 0.306. The lowest BCUT2D eigenvalue weighted by Crippen LogP contribution is -2.42. The van der Waals surface area contributed by atoms with Crippen molar-refractivity contribution in [3.8, 4) is 5.75 Å². The van der Waals surface area contributed by atoms with E-state index >= 15 is 0 Å². The third-order valence-electron chi connectivity index (χ3n) is 4.59. The van der Waals surface area contributed by atoms with Crippen molar-refractivity contribution in [2.24, 2.45) is 4.99 Å². The molecule has 2 rings (SSSR count). The Labute approximate surface area is 146 Å². The van der Waals surface area contributed by atoms with Gasteiger partial charge in [-0.05, 0) is 51.6 Å². The molecular formula is C19H32N4O. The minimum atomic E-state index is 0.245. The number of benzene rings is 1. The number of likely N-dealkylation sites (N-methyl/N-ethyl adjacent to an activating group) is 1. The SMILES string of the molecule is CCNC(=NCC(c1ccc(OC)cc1)N(C)C)NC1CCCC1. The summed E-state index contributed by atoms with van der Waals surface area (Å²) in [6, 6.07) is 9.08. The maximum Gasteiger partial charge on any atom is 0.191 e. The van der Waals surface area contributed by atoms with Gasteiger partial charge < -0.3 is 20.3 Å². The van der Waals surface area contributed by atoms with Gasteiger partial charge in [0.15, 0.2) is 5.96 Å². The van der Waals surface area contributed by atoms with Gasteiger partial charge in [-0.25, -0.2) is 0 Å². The van der Waals surface area contributed by atoms with Crippen molar-refractivity contribution in [2.75, 3.05) is 34.3 Å². The molecule has 1 aliphatic carbocycles. The van der Waals surface area contributed by atoms with Crippen LogP contribution in [0.5, 0.6) is 5.75 Å². The molecule has 0 saturated heterocycles. The molecule has 0 bridgehead atoms. The maximum atomic E-state index is 5.25. The fraction of sp³-hybridized carbons (Fsp3) is 0.632. The minimum Gasteiger partial charge on any atom is -0.497 e. The van der Waals surface area contributed by atoms with Crippen LogP contribution in [-0.2, 0) is 0 Å². The fourth-order valence-electron chi connectivity index (χ4n) is 3.15. The molecule has 1 fully saturated rings. The standard InChI is InChI=1S/C19H32N4O/c1-5-20-19(22-16-8-6-7-9-16)21-14-18(23(2)3)15-10-12-17(24-4)13-11-15/h10-13,16,18H,5-9,14H2,1-4H3,(H2,20,21,22). The van der Waals surface area contributed by atoms with Crippen LogP contribution in [0.2, 0.25) is 0 Å². The molecular weight excluding hydrogens is 300 g/mol. The number of methoxy groups -OCH3 is 1. The second-order valence-corrected chi connectivity index (χ2v) is 6.60. The summed E-state index contributed by atoms with van der Waals surface area (Å²) >= 11 is 0. The van der Waals surface area contributed by atoms with Gasteiger partial charge >= 0.3 is 0 Å². The van der Waals surface area contributed by atoms with Crippen molar-refractivity contribution >= 4 is 5.96 Å². The smallest absolute Gasteiger partial charge is 0.191 e. The Hall–Kier alpha value is -1.75. The van der Waals surface area contributed by atoms with Crippen LogP contribution in [0.4, 0.5) is 0 Å². The van der Waals surface area contributed by atoms with Crippen LogP contribution in [0, 0.1) is 0 Å². The summed E-state index contributed by atoms with van der Waals surface area (Å²) < 4.78 is 5.25. The highest BCUT2D eigenvalue weighted by atomic mass is 16.5. The number of aliphatic imine (C=N–C) groups is 1. The number of rotatable bonds is 7. The predicted octanol–water partition coefficient (Wildman–Crippen LogP) is 2.80. The molecule has 0 heterocycles. The molecule has 0 aromatic heterocycles. The van der Waals surface area contributed by atoms with Gasteiger partial charge in [0.1, 0.15) is 5.75 Å². The monoisotopic (exact) mass is 332 g/mol. The van der Waals surface area contributed by atoms with Gasteiger partial charge in [-0.3, -0.25) is 4.99 Å². The average molecular weight is 332 g/mol. The molecule has 1 atom stereocenters.